The van der Waals surface area contributed by atoms with Crippen LogP contribution in [0.5, 0.6) is 0 Å². The van der Waals surface area contributed by atoms with E-state index >= 15 is 0 Å². The molecule has 0 aromatic carbocycles. The second-order valence-corrected chi connectivity index (χ2v) is 5.00. The molecule has 6 nitrogen and oxygen atoms in total. The Morgan fingerprint density at radius 3 is 2.95 bits per heavy atom. The number of aromatic nitrogens is 3. The molecule has 0 fully saturated rings. The van der Waals surface area contributed by atoms with Gasteiger partial charge in [0, 0.05) is 6.20 Å². The molecule has 6 heteroatoms. The van der Waals surface area contributed by atoms with Crippen molar-refractivity contribution in [3.63, 3.8) is 0 Å². The van der Waals surface area contributed by atoms with Crippen molar-refractivity contribution in [3.8, 4) is 0 Å². The first-order chi connectivity index (χ1) is 9.08. The average Bonchev–Trinajstić information content (AvgIpc) is 2.78. The molecule has 1 atom stereocenters. The highest BCUT2D eigenvalue weighted by Crippen LogP contribution is 2.04. The Hall–Kier alpha value is -1.95. The van der Waals surface area contributed by atoms with Gasteiger partial charge in [-0.1, -0.05) is 19.9 Å². The van der Waals surface area contributed by atoms with Gasteiger partial charge in [-0.25, -0.2) is 0 Å². The van der Waals surface area contributed by atoms with Crippen LogP contribution in [-0.2, 0) is 11.3 Å². The molecule has 0 aliphatic heterocycles. The minimum Gasteiger partial charge on any atom is -0.347 e. The van der Waals surface area contributed by atoms with Crippen molar-refractivity contribution >= 4 is 11.6 Å². The van der Waals surface area contributed by atoms with Gasteiger partial charge in [-0.2, -0.15) is 0 Å². The van der Waals surface area contributed by atoms with Crippen LogP contribution in [0.2, 0.25) is 0 Å². The number of carbonyl (C=O) groups excluding carboxylic acids is 1. The molecule has 0 spiro atoms. The Morgan fingerprint density at radius 2 is 2.21 bits per heavy atom. The molecule has 2 heterocycles. The summed E-state index contributed by atoms with van der Waals surface area (Å²) in [4.78, 5) is 11.8. The first kappa shape index (κ1) is 13.5. The standard InChI is InChI=1S/C13H19N5O/c1-9(2)7-10(14)13(19)15-8-12-17-16-11-5-3-4-6-18(11)12/h3-6,9-10H,7-8,14H2,1-2H3,(H,15,19)/t10-/m0/s1. The number of hydrogen-bond acceptors (Lipinski definition) is 4. The zero-order valence-corrected chi connectivity index (χ0v) is 11.2. The van der Waals surface area contributed by atoms with Crippen LogP contribution in [0.4, 0.5) is 0 Å². The molecular weight excluding hydrogens is 242 g/mol. The van der Waals surface area contributed by atoms with Crippen LogP contribution in [0.3, 0.4) is 0 Å². The van der Waals surface area contributed by atoms with Gasteiger partial charge in [0.2, 0.25) is 5.91 Å². The fraction of sp³-hybridized carbons (Fsp3) is 0.462. The fourth-order valence-corrected chi connectivity index (χ4v) is 1.92. The molecule has 0 saturated heterocycles. The average molecular weight is 261 g/mol. The van der Waals surface area contributed by atoms with Crippen molar-refractivity contribution in [2.24, 2.45) is 11.7 Å². The van der Waals surface area contributed by atoms with Crippen LogP contribution in [0.25, 0.3) is 5.65 Å². The number of pyridine rings is 1. The van der Waals surface area contributed by atoms with Crippen molar-refractivity contribution in [3.05, 3.63) is 30.2 Å². The van der Waals surface area contributed by atoms with Crippen LogP contribution < -0.4 is 11.1 Å². The molecule has 0 unspecified atom stereocenters. The van der Waals surface area contributed by atoms with E-state index in [9.17, 15) is 4.79 Å². The summed E-state index contributed by atoms with van der Waals surface area (Å²) in [6.45, 7) is 4.41. The number of nitrogens with zero attached hydrogens (tertiary/aromatic N) is 3. The van der Waals surface area contributed by atoms with Crippen LogP contribution in [0.15, 0.2) is 24.4 Å². The summed E-state index contributed by atoms with van der Waals surface area (Å²) in [5.41, 5.74) is 6.58. The first-order valence-corrected chi connectivity index (χ1v) is 6.40. The summed E-state index contributed by atoms with van der Waals surface area (Å²) in [7, 11) is 0. The Kier molecular flexibility index (Phi) is 4.11. The van der Waals surface area contributed by atoms with Crippen molar-refractivity contribution in [2.45, 2.75) is 32.9 Å². The molecule has 3 N–H and O–H groups in total. The van der Waals surface area contributed by atoms with E-state index in [1.165, 1.54) is 0 Å². The van der Waals surface area contributed by atoms with Gasteiger partial charge in [0.25, 0.3) is 0 Å². The zero-order chi connectivity index (χ0) is 13.8. The minimum absolute atomic E-state index is 0.151. The molecule has 0 aliphatic rings. The van der Waals surface area contributed by atoms with Crippen molar-refractivity contribution in [1.29, 1.82) is 0 Å². The van der Waals surface area contributed by atoms with Gasteiger partial charge in [0.05, 0.1) is 12.6 Å². The molecule has 1 amide bonds. The summed E-state index contributed by atoms with van der Waals surface area (Å²) in [6.07, 6.45) is 2.54. The highest BCUT2D eigenvalue weighted by molar-refractivity contribution is 5.81. The lowest BCUT2D eigenvalue weighted by Gasteiger charge is -2.13. The maximum absolute atomic E-state index is 11.8. The normalized spacial score (nSPS) is 12.8. The van der Waals surface area contributed by atoms with Crippen LogP contribution >= 0.6 is 0 Å². The largest absolute Gasteiger partial charge is 0.347 e. The van der Waals surface area contributed by atoms with Gasteiger partial charge in [0.15, 0.2) is 11.5 Å². The molecule has 19 heavy (non-hydrogen) atoms. The third-order valence-electron chi connectivity index (χ3n) is 2.87. The number of hydrogen-bond donors (Lipinski definition) is 2. The molecule has 0 aliphatic carbocycles. The Morgan fingerprint density at radius 1 is 1.42 bits per heavy atom. The first-order valence-electron chi connectivity index (χ1n) is 6.40. The Labute approximate surface area is 112 Å². The lowest BCUT2D eigenvalue weighted by atomic mass is 10.0. The summed E-state index contributed by atoms with van der Waals surface area (Å²) >= 11 is 0. The van der Waals surface area contributed by atoms with Gasteiger partial charge in [0.1, 0.15) is 0 Å². The van der Waals surface area contributed by atoms with Crippen molar-refractivity contribution in [2.75, 3.05) is 0 Å². The minimum atomic E-state index is -0.473. The summed E-state index contributed by atoms with van der Waals surface area (Å²) in [5, 5.41) is 10.9. The van der Waals surface area contributed by atoms with E-state index in [0.717, 1.165) is 5.65 Å². The fourth-order valence-electron chi connectivity index (χ4n) is 1.92. The van der Waals surface area contributed by atoms with Gasteiger partial charge < -0.3 is 11.1 Å². The number of fused-ring (bicyclic) bond motifs is 1. The number of rotatable bonds is 5. The quantitative estimate of drug-likeness (QED) is 0.830. The maximum Gasteiger partial charge on any atom is 0.237 e. The predicted molar refractivity (Wildman–Crippen MR) is 72.3 cm³/mol. The van der Waals surface area contributed by atoms with Gasteiger partial charge in [-0.15, -0.1) is 10.2 Å². The van der Waals surface area contributed by atoms with Crippen molar-refractivity contribution < 1.29 is 4.79 Å². The van der Waals surface area contributed by atoms with Crippen LogP contribution in [0.1, 0.15) is 26.1 Å². The van der Waals surface area contributed by atoms with Gasteiger partial charge in [-0.3, -0.25) is 9.20 Å². The Bertz CT molecular complexity index is 563. The van der Waals surface area contributed by atoms with E-state index in [0.29, 0.717) is 24.7 Å². The highest BCUT2D eigenvalue weighted by Gasteiger charge is 2.15. The number of amides is 1. The highest BCUT2D eigenvalue weighted by atomic mass is 16.2. The summed E-state index contributed by atoms with van der Waals surface area (Å²) < 4.78 is 1.84. The molecule has 0 radical (unpaired) electrons. The maximum atomic E-state index is 11.8. The van der Waals surface area contributed by atoms with Crippen LogP contribution in [0, 0.1) is 5.92 Å². The third-order valence-corrected chi connectivity index (χ3v) is 2.87. The predicted octanol–water partition coefficient (Wildman–Crippen LogP) is 0.719. The zero-order valence-electron chi connectivity index (χ0n) is 11.2. The van der Waals surface area contributed by atoms with Gasteiger partial charge in [-0.05, 0) is 24.5 Å². The molecule has 2 aromatic rings. The second-order valence-electron chi connectivity index (χ2n) is 5.00. The van der Waals surface area contributed by atoms with E-state index in [1.807, 2.05) is 42.6 Å². The number of nitrogens with one attached hydrogen (secondary N) is 1. The van der Waals surface area contributed by atoms with E-state index in [4.69, 9.17) is 5.73 Å². The van der Waals surface area contributed by atoms with Crippen molar-refractivity contribution in [1.82, 2.24) is 19.9 Å². The monoisotopic (exact) mass is 261 g/mol. The smallest absolute Gasteiger partial charge is 0.237 e. The Balaban J connectivity index is 1.97. The molecule has 102 valence electrons. The summed E-state index contributed by atoms with van der Waals surface area (Å²) in [5.74, 6) is 0.941. The number of carbonyl (C=O) groups is 1. The molecule has 2 rings (SSSR count). The SMILES string of the molecule is CC(C)C[C@H](N)C(=O)NCc1nnc2ccccn12. The number of nitrogens with two attached hydrogens (primary N) is 1. The lowest BCUT2D eigenvalue weighted by Crippen LogP contribution is -2.41. The summed E-state index contributed by atoms with van der Waals surface area (Å²) in [6, 6.07) is 5.18. The van der Waals surface area contributed by atoms with E-state index in [-0.39, 0.29) is 5.91 Å². The molecular formula is C13H19N5O. The third kappa shape index (κ3) is 3.29. The van der Waals surface area contributed by atoms with Gasteiger partial charge >= 0.3 is 0 Å². The van der Waals surface area contributed by atoms with E-state index in [2.05, 4.69) is 15.5 Å². The van der Waals surface area contributed by atoms with Crippen LogP contribution in [-0.4, -0.2) is 26.5 Å². The van der Waals surface area contributed by atoms with E-state index < -0.39 is 6.04 Å². The topological polar surface area (TPSA) is 85.3 Å². The molecule has 2 aromatic heterocycles. The van der Waals surface area contributed by atoms with E-state index in [1.54, 1.807) is 0 Å². The molecule has 0 saturated carbocycles. The molecule has 0 bridgehead atoms. The lowest BCUT2D eigenvalue weighted by molar-refractivity contribution is -0.122. The second kappa shape index (κ2) is 5.79.